The molecule has 0 bridgehead atoms. The van der Waals surface area contributed by atoms with Gasteiger partial charge in [0, 0.05) is 17.7 Å². The first kappa shape index (κ1) is 14.8. The summed E-state index contributed by atoms with van der Waals surface area (Å²) in [5.74, 6) is -0.397. The van der Waals surface area contributed by atoms with Gasteiger partial charge in [-0.2, -0.15) is 5.26 Å². The molecule has 0 aliphatic carbocycles. The summed E-state index contributed by atoms with van der Waals surface area (Å²) in [6.07, 6.45) is 1.58. The molecule has 1 fully saturated rings. The van der Waals surface area contributed by atoms with Crippen molar-refractivity contribution in [3.8, 4) is 6.07 Å². The third kappa shape index (κ3) is 2.39. The Bertz CT molecular complexity index is 600. The van der Waals surface area contributed by atoms with Crippen LogP contribution in [0.2, 0.25) is 0 Å². The quantitative estimate of drug-likeness (QED) is 0.825. The minimum Gasteiger partial charge on any atom is -0.399 e. The molecule has 1 aliphatic heterocycles. The Kier molecular flexibility index (Phi) is 3.53. The summed E-state index contributed by atoms with van der Waals surface area (Å²) in [4.78, 5) is 14.1. The second kappa shape index (κ2) is 4.76. The molecule has 1 N–H and O–H groups in total. The van der Waals surface area contributed by atoms with Crippen LogP contribution >= 0.6 is 0 Å². The SMILES string of the molecule is CC(C#N)c1cc(=O)[nH]cc1B1OC(C)(C)C(C)(C)O1. The maximum Gasteiger partial charge on any atom is 0.496 e. The van der Waals surface area contributed by atoms with E-state index in [4.69, 9.17) is 14.6 Å². The molecule has 0 radical (unpaired) electrons. The minimum absolute atomic E-state index is 0.234. The lowest BCUT2D eigenvalue weighted by molar-refractivity contribution is 0.00578. The van der Waals surface area contributed by atoms with Gasteiger partial charge in [-0.15, -0.1) is 0 Å². The molecule has 0 saturated carbocycles. The summed E-state index contributed by atoms with van der Waals surface area (Å²) in [7, 11) is -0.581. The number of nitriles is 1. The first-order valence-electron chi connectivity index (χ1n) is 6.66. The smallest absolute Gasteiger partial charge is 0.399 e. The van der Waals surface area contributed by atoms with E-state index in [1.54, 1.807) is 13.1 Å². The van der Waals surface area contributed by atoms with Crippen molar-refractivity contribution in [1.82, 2.24) is 4.98 Å². The summed E-state index contributed by atoms with van der Waals surface area (Å²) in [6, 6.07) is 3.59. The van der Waals surface area contributed by atoms with Gasteiger partial charge in [-0.3, -0.25) is 4.79 Å². The predicted molar refractivity (Wildman–Crippen MR) is 76.8 cm³/mol. The number of nitrogens with one attached hydrogen (secondary N) is 1. The highest BCUT2D eigenvalue weighted by molar-refractivity contribution is 6.62. The highest BCUT2D eigenvalue weighted by Crippen LogP contribution is 2.36. The standard InChI is InChI=1S/C14H19BN2O3/c1-9(7-16)10-6-12(18)17-8-11(10)15-19-13(2,3)14(4,5)20-15/h6,8-9H,1-5H3,(H,17,18). The van der Waals surface area contributed by atoms with E-state index < -0.39 is 24.2 Å². The van der Waals surface area contributed by atoms with E-state index in [1.807, 2.05) is 27.7 Å². The molecule has 2 rings (SSSR count). The minimum atomic E-state index is -0.581. The van der Waals surface area contributed by atoms with Gasteiger partial charge in [0.2, 0.25) is 5.56 Å². The van der Waals surface area contributed by atoms with E-state index in [1.165, 1.54) is 6.07 Å². The number of hydrogen-bond donors (Lipinski definition) is 1. The second-order valence-corrected chi connectivity index (χ2v) is 6.15. The fraction of sp³-hybridized carbons (Fsp3) is 0.571. The molecule has 1 aromatic rings. The largest absolute Gasteiger partial charge is 0.496 e. The fourth-order valence-corrected chi connectivity index (χ4v) is 2.12. The molecule has 1 atom stereocenters. The average molecular weight is 274 g/mol. The molecule has 2 heterocycles. The normalized spacial score (nSPS) is 21.5. The Morgan fingerprint density at radius 1 is 1.30 bits per heavy atom. The number of hydrogen-bond acceptors (Lipinski definition) is 4. The van der Waals surface area contributed by atoms with Crippen molar-refractivity contribution in [2.75, 3.05) is 0 Å². The van der Waals surface area contributed by atoms with Crippen LogP contribution in [0.3, 0.4) is 0 Å². The Balaban J connectivity index is 2.46. The molecule has 1 aliphatic rings. The summed E-state index contributed by atoms with van der Waals surface area (Å²) in [6.45, 7) is 9.61. The van der Waals surface area contributed by atoms with Crippen LogP contribution in [-0.4, -0.2) is 23.3 Å². The maximum atomic E-state index is 11.5. The van der Waals surface area contributed by atoms with Gasteiger partial charge in [-0.05, 0) is 40.2 Å². The van der Waals surface area contributed by atoms with Gasteiger partial charge in [0.25, 0.3) is 0 Å². The first-order valence-corrected chi connectivity index (χ1v) is 6.66. The van der Waals surface area contributed by atoms with Crippen LogP contribution in [0.4, 0.5) is 0 Å². The third-order valence-corrected chi connectivity index (χ3v) is 4.16. The number of nitrogens with zero attached hydrogens (tertiary/aromatic N) is 1. The van der Waals surface area contributed by atoms with Crippen molar-refractivity contribution in [3.05, 3.63) is 28.2 Å². The summed E-state index contributed by atoms with van der Waals surface area (Å²) < 4.78 is 11.9. The van der Waals surface area contributed by atoms with Crippen LogP contribution < -0.4 is 11.0 Å². The van der Waals surface area contributed by atoms with Crippen LogP contribution in [0.25, 0.3) is 0 Å². The zero-order valence-electron chi connectivity index (χ0n) is 12.5. The Morgan fingerprint density at radius 2 is 1.85 bits per heavy atom. The van der Waals surface area contributed by atoms with Crippen LogP contribution in [-0.2, 0) is 9.31 Å². The summed E-state index contributed by atoms with van der Waals surface area (Å²) in [5, 5.41) is 9.11. The second-order valence-electron chi connectivity index (χ2n) is 6.15. The molecular formula is C14H19BN2O3. The molecule has 1 aromatic heterocycles. The Hall–Kier alpha value is -1.58. The lowest BCUT2D eigenvalue weighted by Crippen LogP contribution is -2.41. The van der Waals surface area contributed by atoms with Crippen molar-refractivity contribution in [2.45, 2.75) is 51.7 Å². The van der Waals surface area contributed by atoms with Crippen molar-refractivity contribution in [3.63, 3.8) is 0 Å². The maximum absolute atomic E-state index is 11.5. The molecule has 106 valence electrons. The lowest BCUT2D eigenvalue weighted by Gasteiger charge is -2.32. The molecule has 20 heavy (non-hydrogen) atoms. The Labute approximate surface area is 119 Å². The predicted octanol–water partition coefficient (Wildman–Crippen LogP) is 1.30. The monoisotopic (exact) mass is 274 g/mol. The number of rotatable bonds is 2. The van der Waals surface area contributed by atoms with E-state index in [2.05, 4.69) is 11.1 Å². The zero-order valence-corrected chi connectivity index (χ0v) is 12.5. The van der Waals surface area contributed by atoms with Crippen molar-refractivity contribution < 1.29 is 9.31 Å². The summed E-state index contributed by atoms with van der Waals surface area (Å²) >= 11 is 0. The van der Waals surface area contributed by atoms with E-state index in [-0.39, 0.29) is 5.56 Å². The van der Waals surface area contributed by atoms with Crippen LogP contribution in [0.1, 0.15) is 46.1 Å². The van der Waals surface area contributed by atoms with Gasteiger partial charge in [0.05, 0.1) is 23.2 Å². The van der Waals surface area contributed by atoms with Gasteiger partial charge in [-0.1, -0.05) is 0 Å². The number of aromatic amines is 1. The molecule has 0 aromatic carbocycles. The molecule has 5 nitrogen and oxygen atoms in total. The molecule has 6 heteroatoms. The first-order chi connectivity index (χ1) is 9.18. The molecular weight excluding hydrogens is 255 g/mol. The van der Waals surface area contributed by atoms with Crippen molar-refractivity contribution in [2.24, 2.45) is 0 Å². The van der Waals surface area contributed by atoms with Crippen LogP contribution in [0, 0.1) is 11.3 Å². The van der Waals surface area contributed by atoms with E-state index in [9.17, 15) is 4.79 Å². The topological polar surface area (TPSA) is 75.1 Å². The highest BCUT2D eigenvalue weighted by Gasteiger charge is 2.52. The van der Waals surface area contributed by atoms with Gasteiger partial charge in [0.15, 0.2) is 0 Å². The number of H-pyrrole nitrogens is 1. The molecule has 0 spiro atoms. The van der Waals surface area contributed by atoms with Gasteiger partial charge in [0.1, 0.15) is 0 Å². The van der Waals surface area contributed by atoms with Crippen molar-refractivity contribution in [1.29, 1.82) is 5.26 Å². The third-order valence-electron chi connectivity index (χ3n) is 4.16. The van der Waals surface area contributed by atoms with Crippen LogP contribution in [0.15, 0.2) is 17.1 Å². The van der Waals surface area contributed by atoms with E-state index >= 15 is 0 Å². The van der Waals surface area contributed by atoms with Gasteiger partial charge >= 0.3 is 7.12 Å². The fourth-order valence-electron chi connectivity index (χ4n) is 2.12. The average Bonchev–Trinajstić information content (AvgIpc) is 2.57. The summed E-state index contributed by atoms with van der Waals surface area (Å²) in [5.41, 5.74) is 0.205. The van der Waals surface area contributed by atoms with Crippen molar-refractivity contribution >= 4 is 12.6 Å². The van der Waals surface area contributed by atoms with E-state index in [0.717, 1.165) is 0 Å². The van der Waals surface area contributed by atoms with E-state index in [0.29, 0.717) is 11.0 Å². The number of aromatic nitrogens is 1. The zero-order chi connectivity index (χ0) is 15.1. The molecule has 1 saturated heterocycles. The van der Waals surface area contributed by atoms with Gasteiger partial charge < -0.3 is 14.3 Å². The highest BCUT2D eigenvalue weighted by atomic mass is 16.7. The molecule has 1 unspecified atom stereocenters. The Morgan fingerprint density at radius 3 is 2.35 bits per heavy atom. The molecule has 0 amide bonds. The number of pyridine rings is 1. The lowest BCUT2D eigenvalue weighted by atomic mass is 9.74. The van der Waals surface area contributed by atoms with Crippen LogP contribution in [0.5, 0.6) is 0 Å². The van der Waals surface area contributed by atoms with Gasteiger partial charge in [-0.25, -0.2) is 0 Å².